The van der Waals surface area contributed by atoms with Crippen molar-refractivity contribution in [3.8, 4) is 0 Å². The minimum absolute atomic E-state index is 0.782. The van der Waals surface area contributed by atoms with Crippen LogP contribution >= 0.6 is 0 Å². The third-order valence-corrected chi connectivity index (χ3v) is 1.46. The average Bonchev–Trinajstić information content (AvgIpc) is 2.16. The molecule has 0 saturated carbocycles. The molecule has 0 rings (SSSR count). The van der Waals surface area contributed by atoms with E-state index in [1.807, 2.05) is 25.2 Å². The Kier molecular flexibility index (Phi) is 6.24. The maximum absolute atomic E-state index is 3.86. The van der Waals surface area contributed by atoms with Gasteiger partial charge in [0.15, 0.2) is 0 Å². The van der Waals surface area contributed by atoms with Crippen LogP contribution in [0.4, 0.5) is 0 Å². The fourth-order valence-electron chi connectivity index (χ4n) is 0.879. The Bertz CT molecular complexity index is 236. The highest BCUT2D eigenvalue weighted by Gasteiger charge is 1.98. The summed E-state index contributed by atoms with van der Waals surface area (Å²) < 4.78 is 0. The molecule has 70 valence electrons. The van der Waals surface area contributed by atoms with E-state index in [9.17, 15) is 0 Å². The molecular weight excluding hydrogens is 160 g/mol. The van der Waals surface area contributed by atoms with Crippen LogP contribution in [0.15, 0.2) is 54.3 Å². The van der Waals surface area contributed by atoms with Crippen LogP contribution in [0.3, 0.4) is 0 Å². The number of allylic oxidation sites excluding steroid dienone is 5. The summed E-state index contributed by atoms with van der Waals surface area (Å²) in [6.07, 6.45) is 9.07. The number of nitrogens with zero attached hydrogens (tertiary/aromatic N) is 2. The van der Waals surface area contributed by atoms with Gasteiger partial charge in [-0.1, -0.05) is 31.4 Å². The molecule has 2 heteroatoms. The van der Waals surface area contributed by atoms with Gasteiger partial charge in [0, 0.05) is 13.3 Å². The van der Waals surface area contributed by atoms with Gasteiger partial charge >= 0.3 is 0 Å². The summed E-state index contributed by atoms with van der Waals surface area (Å²) in [5, 5.41) is 5.64. The van der Waals surface area contributed by atoms with Crippen molar-refractivity contribution in [3.63, 3.8) is 0 Å². The molecule has 0 unspecified atom stereocenters. The van der Waals surface area contributed by atoms with Gasteiger partial charge in [-0.05, 0) is 19.1 Å². The lowest BCUT2D eigenvalue weighted by atomic mass is 10.3. The molecule has 0 radical (unpaired) electrons. The van der Waals surface area contributed by atoms with Crippen molar-refractivity contribution in [2.75, 3.05) is 6.54 Å². The minimum Gasteiger partial charge on any atom is -0.266 e. The molecule has 0 spiro atoms. The predicted molar refractivity (Wildman–Crippen MR) is 59.5 cm³/mol. The topological polar surface area (TPSA) is 15.6 Å². The van der Waals surface area contributed by atoms with Gasteiger partial charge in [0.05, 0.1) is 5.70 Å². The number of likely N-dealkylation sites (N-methyl/N-ethyl adjacent to an activating group) is 1. The summed E-state index contributed by atoms with van der Waals surface area (Å²) in [5.74, 6) is 0. The SMILES string of the molecule is C=C/C=C\C(=C/C=C)N(CC)N=C. The van der Waals surface area contributed by atoms with Crippen molar-refractivity contribution >= 4 is 6.72 Å². The molecule has 0 aliphatic carbocycles. The van der Waals surface area contributed by atoms with Crippen LogP contribution in [-0.2, 0) is 0 Å². The highest BCUT2D eigenvalue weighted by molar-refractivity contribution is 5.28. The van der Waals surface area contributed by atoms with E-state index in [0.29, 0.717) is 0 Å². The summed E-state index contributed by atoms with van der Waals surface area (Å²) in [5.41, 5.74) is 0.951. The molecule has 0 saturated heterocycles. The first kappa shape index (κ1) is 11.4. The predicted octanol–water partition coefficient (Wildman–Crippen LogP) is 2.74. The molecule has 2 nitrogen and oxygen atoms in total. The fraction of sp³-hybridized carbons (Fsp3) is 0.182. The van der Waals surface area contributed by atoms with Gasteiger partial charge in [-0.2, -0.15) is 5.10 Å². The summed E-state index contributed by atoms with van der Waals surface area (Å²) in [4.78, 5) is 0. The average molecular weight is 176 g/mol. The number of hydrazone groups is 1. The monoisotopic (exact) mass is 176 g/mol. The standard InChI is InChI=1S/C11H16N2/c1-5-8-10-11(9-6-2)13(7-3)12-4/h5-6,8-10H,1-2,4,7H2,3H3/b10-8-,11-9+. The Morgan fingerprint density at radius 1 is 1.38 bits per heavy atom. The van der Waals surface area contributed by atoms with Gasteiger partial charge in [0.25, 0.3) is 0 Å². The Morgan fingerprint density at radius 3 is 2.46 bits per heavy atom. The fourth-order valence-corrected chi connectivity index (χ4v) is 0.879. The van der Waals surface area contributed by atoms with E-state index in [-0.39, 0.29) is 0 Å². The summed E-state index contributed by atoms with van der Waals surface area (Å²) in [6, 6.07) is 0. The Hall–Kier alpha value is -1.57. The zero-order chi connectivity index (χ0) is 10.1. The molecule has 0 bridgehead atoms. The summed E-state index contributed by atoms with van der Waals surface area (Å²) in [6.45, 7) is 13.5. The van der Waals surface area contributed by atoms with Gasteiger partial charge < -0.3 is 0 Å². The molecular formula is C11H16N2. The quantitative estimate of drug-likeness (QED) is 0.345. The molecule has 0 aromatic heterocycles. The van der Waals surface area contributed by atoms with E-state index < -0.39 is 0 Å². The molecule has 13 heavy (non-hydrogen) atoms. The Morgan fingerprint density at radius 2 is 2.08 bits per heavy atom. The van der Waals surface area contributed by atoms with Gasteiger partial charge in [-0.25, -0.2) is 0 Å². The van der Waals surface area contributed by atoms with Crippen molar-refractivity contribution < 1.29 is 0 Å². The van der Waals surface area contributed by atoms with Crippen LogP contribution < -0.4 is 0 Å². The number of hydrogen-bond acceptors (Lipinski definition) is 2. The van der Waals surface area contributed by atoms with Gasteiger partial charge in [0.1, 0.15) is 0 Å². The first-order valence-electron chi connectivity index (χ1n) is 4.16. The Balaban J connectivity index is 4.66. The van der Waals surface area contributed by atoms with Crippen LogP contribution in [0.5, 0.6) is 0 Å². The van der Waals surface area contributed by atoms with Crippen molar-refractivity contribution in [2.45, 2.75) is 6.92 Å². The maximum atomic E-state index is 3.86. The van der Waals surface area contributed by atoms with Crippen LogP contribution in [0, 0.1) is 0 Å². The van der Waals surface area contributed by atoms with E-state index in [1.165, 1.54) is 0 Å². The summed E-state index contributed by atoms with van der Waals surface area (Å²) in [7, 11) is 0. The van der Waals surface area contributed by atoms with Crippen LogP contribution in [-0.4, -0.2) is 18.3 Å². The second-order valence-corrected chi connectivity index (χ2v) is 2.28. The highest BCUT2D eigenvalue weighted by atomic mass is 15.4. The number of rotatable bonds is 6. The third kappa shape index (κ3) is 4.11. The van der Waals surface area contributed by atoms with Gasteiger partial charge in [-0.15, -0.1) is 0 Å². The largest absolute Gasteiger partial charge is 0.266 e. The second kappa shape index (κ2) is 7.10. The molecule has 0 aliphatic heterocycles. The van der Waals surface area contributed by atoms with E-state index in [0.717, 1.165) is 12.2 Å². The molecule has 0 fully saturated rings. The maximum Gasteiger partial charge on any atom is 0.0593 e. The lowest BCUT2D eigenvalue weighted by Crippen LogP contribution is -2.13. The van der Waals surface area contributed by atoms with Crippen LogP contribution in [0.2, 0.25) is 0 Å². The zero-order valence-corrected chi connectivity index (χ0v) is 8.11. The number of hydrogen-bond donors (Lipinski definition) is 0. The normalized spacial score (nSPS) is 11.3. The molecule has 0 atom stereocenters. The molecule has 0 N–H and O–H groups in total. The van der Waals surface area contributed by atoms with Crippen LogP contribution in [0.25, 0.3) is 0 Å². The smallest absolute Gasteiger partial charge is 0.0593 e. The Labute approximate surface area is 80.3 Å². The van der Waals surface area contributed by atoms with Gasteiger partial charge in [0.2, 0.25) is 0 Å². The first-order chi connectivity index (χ1) is 6.29. The lowest BCUT2D eigenvalue weighted by Gasteiger charge is -2.16. The summed E-state index contributed by atoms with van der Waals surface area (Å²) >= 11 is 0. The van der Waals surface area contributed by atoms with E-state index in [1.54, 1.807) is 17.2 Å². The van der Waals surface area contributed by atoms with E-state index in [2.05, 4.69) is 25.0 Å². The van der Waals surface area contributed by atoms with E-state index in [4.69, 9.17) is 0 Å². The van der Waals surface area contributed by atoms with Crippen molar-refractivity contribution in [1.82, 2.24) is 5.01 Å². The van der Waals surface area contributed by atoms with Gasteiger partial charge in [-0.3, -0.25) is 5.01 Å². The van der Waals surface area contributed by atoms with E-state index >= 15 is 0 Å². The third-order valence-electron chi connectivity index (χ3n) is 1.46. The molecule has 0 amide bonds. The zero-order valence-electron chi connectivity index (χ0n) is 8.11. The minimum atomic E-state index is 0.782. The highest BCUT2D eigenvalue weighted by Crippen LogP contribution is 2.06. The molecule has 0 aromatic carbocycles. The van der Waals surface area contributed by atoms with Crippen molar-refractivity contribution in [3.05, 3.63) is 49.2 Å². The molecule has 0 heterocycles. The molecule has 0 aromatic rings. The second-order valence-electron chi connectivity index (χ2n) is 2.28. The molecule has 0 aliphatic rings. The van der Waals surface area contributed by atoms with Crippen molar-refractivity contribution in [1.29, 1.82) is 0 Å². The van der Waals surface area contributed by atoms with Crippen LogP contribution in [0.1, 0.15) is 6.92 Å². The lowest BCUT2D eigenvalue weighted by molar-refractivity contribution is 0.401. The first-order valence-corrected chi connectivity index (χ1v) is 4.16. The van der Waals surface area contributed by atoms with Crippen molar-refractivity contribution in [2.24, 2.45) is 5.10 Å².